The van der Waals surface area contributed by atoms with Crippen LogP contribution in [-0.2, 0) is 6.42 Å². The van der Waals surface area contributed by atoms with E-state index in [2.05, 4.69) is 22.8 Å². The Hall–Kier alpha value is -3.60. The van der Waals surface area contributed by atoms with Gasteiger partial charge < -0.3 is 15.4 Å². The Bertz CT molecular complexity index is 969. The molecule has 0 heterocycles. The molecule has 3 aromatic carbocycles. The van der Waals surface area contributed by atoms with E-state index in [-0.39, 0.29) is 11.8 Å². The van der Waals surface area contributed by atoms with Gasteiger partial charge in [0.15, 0.2) is 0 Å². The maximum absolute atomic E-state index is 12.6. The van der Waals surface area contributed by atoms with Crippen molar-refractivity contribution in [2.45, 2.75) is 19.8 Å². The summed E-state index contributed by atoms with van der Waals surface area (Å²) < 4.78 is 5.80. The SMILES string of the molecule is CCCNC(=O)c1ccc(NC(=O)c2cccc(OCCc3ccccc3)c2)cc1. The number of benzene rings is 3. The highest BCUT2D eigenvalue weighted by molar-refractivity contribution is 6.04. The molecule has 5 nitrogen and oxygen atoms in total. The van der Waals surface area contributed by atoms with Crippen LogP contribution >= 0.6 is 0 Å². The molecule has 154 valence electrons. The molecule has 2 amide bonds. The molecule has 0 unspecified atom stereocenters. The summed E-state index contributed by atoms with van der Waals surface area (Å²) in [5, 5.41) is 5.68. The lowest BCUT2D eigenvalue weighted by molar-refractivity contribution is 0.0953. The Morgan fingerprint density at radius 1 is 0.833 bits per heavy atom. The first-order chi connectivity index (χ1) is 14.7. The maximum Gasteiger partial charge on any atom is 0.255 e. The molecule has 5 heteroatoms. The third-order valence-electron chi connectivity index (χ3n) is 4.54. The van der Waals surface area contributed by atoms with Gasteiger partial charge in [0.05, 0.1) is 6.61 Å². The van der Waals surface area contributed by atoms with Gasteiger partial charge in [0, 0.05) is 29.8 Å². The first-order valence-electron chi connectivity index (χ1n) is 10.1. The lowest BCUT2D eigenvalue weighted by atomic mass is 10.1. The molecular weight excluding hydrogens is 376 g/mol. The predicted octanol–water partition coefficient (Wildman–Crippen LogP) is 4.70. The number of hydrogen-bond acceptors (Lipinski definition) is 3. The van der Waals surface area contributed by atoms with E-state index in [9.17, 15) is 9.59 Å². The molecule has 0 saturated heterocycles. The molecule has 0 aromatic heterocycles. The van der Waals surface area contributed by atoms with Crippen molar-refractivity contribution in [3.05, 3.63) is 95.6 Å². The van der Waals surface area contributed by atoms with Gasteiger partial charge in [-0.3, -0.25) is 9.59 Å². The Labute approximate surface area is 177 Å². The largest absolute Gasteiger partial charge is 0.493 e. The smallest absolute Gasteiger partial charge is 0.255 e. The Morgan fingerprint density at radius 3 is 2.33 bits per heavy atom. The van der Waals surface area contributed by atoms with Crippen LogP contribution in [0.25, 0.3) is 0 Å². The molecule has 30 heavy (non-hydrogen) atoms. The van der Waals surface area contributed by atoms with Crippen molar-refractivity contribution < 1.29 is 14.3 Å². The summed E-state index contributed by atoms with van der Waals surface area (Å²) in [7, 11) is 0. The van der Waals surface area contributed by atoms with Crippen LogP contribution in [0.15, 0.2) is 78.9 Å². The van der Waals surface area contributed by atoms with Crippen molar-refractivity contribution in [2.24, 2.45) is 0 Å². The summed E-state index contributed by atoms with van der Waals surface area (Å²) in [6.07, 6.45) is 1.68. The van der Waals surface area contributed by atoms with Crippen LogP contribution in [0, 0.1) is 0 Å². The second kappa shape index (κ2) is 10.8. The van der Waals surface area contributed by atoms with Crippen molar-refractivity contribution in [3.8, 4) is 5.75 Å². The number of rotatable bonds is 9. The second-order valence-corrected chi connectivity index (χ2v) is 6.90. The summed E-state index contributed by atoms with van der Waals surface area (Å²) in [4.78, 5) is 24.5. The number of hydrogen-bond donors (Lipinski definition) is 2. The Balaban J connectivity index is 1.55. The van der Waals surface area contributed by atoms with Crippen LogP contribution in [0.5, 0.6) is 5.75 Å². The molecular formula is C25H26N2O3. The highest BCUT2D eigenvalue weighted by Gasteiger charge is 2.09. The average Bonchev–Trinajstić information content (AvgIpc) is 2.79. The van der Waals surface area contributed by atoms with Gasteiger partial charge in [-0.15, -0.1) is 0 Å². The Kier molecular flexibility index (Phi) is 7.61. The van der Waals surface area contributed by atoms with E-state index in [0.29, 0.717) is 35.7 Å². The molecule has 0 fully saturated rings. The second-order valence-electron chi connectivity index (χ2n) is 6.90. The van der Waals surface area contributed by atoms with Crippen molar-refractivity contribution in [1.82, 2.24) is 5.32 Å². The van der Waals surface area contributed by atoms with E-state index < -0.39 is 0 Å². The maximum atomic E-state index is 12.6. The molecule has 0 saturated carbocycles. The van der Waals surface area contributed by atoms with E-state index in [4.69, 9.17) is 4.74 Å². The summed E-state index contributed by atoms with van der Waals surface area (Å²) >= 11 is 0. The minimum atomic E-state index is -0.230. The fraction of sp³-hybridized carbons (Fsp3) is 0.200. The highest BCUT2D eigenvalue weighted by Crippen LogP contribution is 2.16. The van der Waals surface area contributed by atoms with Gasteiger partial charge in [-0.25, -0.2) is 0 Å². The first-order valence-corrected chi connectivity index (χ1v) is 10.1. The van der Waals surface area contributed by atoms with Crippen LogP contribution in [0.1, 0.15) is 39.6 Å². The lowest BCUT2D eigenvalue weighted by Crippen LogP contribution is -2.23. The number of nitrogens with one attached hydrogen (secondary N) is 2. The zero-order valence-corrected chi connectivity index (χ0v) is 17.1. The number of anilines is 1. The fourth-order valence-corrected chi connectivity index (χ4v) is 2.91. The van der Waals surface area contributed by atoms with Gasteiger partial charge >= 0.3 is 0 Å². The van der Waals surface area contributed by atoms with Gasteiger partial charge in [-0.05, 0) is 54.4 Å². The third-order valence-corrected chi connectivity index (χ3v) is 4.54. The molecule has 0 spiro atoms. The van der Waals surface area contributed by atoms with E-state index in [1.165, 1.54) is 5.56 Å². The molecule has 0 bridgehead atoms. The van der Waals surface area contributed by atoms with Gasteiger partial charge in [-0.1, -0.05) is 43.3 Å². The van der Waals surface area contributed by atoms with E-state index in [0.717, 1.165) is 12.8 Å². The molecule has 0 aliphatic heterocycles. The number of carbonyl (C=O) groups is 2. The van der Waals surface area contributed by atoms with Crippen molar-refractivity contribution in [1.29, 1.82) is 0 Å². The van der Waals surface area contributed by atoms with E-state index in [1.807, 2.05) is 31.2 Å². The minimum absolute atomic E-state index is 0.116. The number of amides is 2. The molecule has 0 radical (unpaired) electrons. The quantitative estimate of drug-likeness (QED) is 0.545. The van der Waals surface area contributed by atoms with Crippen molar-refractivity contribution in [3.63, 3.8) is 0 Å². The van der Waals surface area contributed by atoms with Crippen molar-refractivity contribution in [2.75, 3.05) is 18.5 Å². The predicted molar refractivity (Wildman–Crippen MR) is 119 cm³/mol. The van der Waals surface area contributed by atoms with Crippen LogP contribution in [0.2, 0.25) is 0 Å². The number of carbonyl (C=O) groups excluding carboxylic acids is 2. The zero-order valence-electron chi connectivity index (χ0n) is 17.1. The van der Waals surface area contributed by atoms with Gasteiger partial charge in [0.25, 0.3) is 11.8 Å². The van der Waals surface area contributed by atoms with Crippen LogP contribution in [0.4, 0.5) is 5.69 Å². The molecule has 0 aliphatic carbocycles. The fourth-order valence-electron chi connectivity index (χ4n) is 2.91. The molecule has 0 aliphatic rings. The summed E-state index contributed by atoms with van der Waals surface area (Å²) in [5.74, 6) is 0.309. The molecule has 3 rings (SSSR count). The van der Waals surface area contributed by atoms with Crippen LogP contribution < -0.4 is 15.4 Å². The molecule has 2 N–H and O–H groups in total. The average molecular weight is 402 g/mol. The highest BCUT2D eigenvalue weighted by atomic mass is 16.5. The van der Waals surface area contributed by atoms with Crippen molar-refractivity contribution >= 4 is 17.5 Å². The first kappa shape index (κ1) is 21.1. The van der Waals surface area contributed by atoms with E-state index in [1.54, 1.807) is 42.5 Å². The topological polar surface area (TPSA) is 67.4 Å². The monoisotopic (exact) mass is 402 g/mol. The standard InChI is InChI=1S/C25H26N2O3/c1-2-16-26-24(28)20-11-13-22(14-12-20)27-25(29)21-9-6-10-23(18-21)30-17-15-19-7-4-3-5-8-19/h3-14,18H,2,15-17H2,1H3,(H,26,28)(H,27,29). The van der Waals surface area contributed by atoms with Gasteiger partial charge in [-0.2, -0.15) is 0 Å². The van der Waals surface area contributed by atoms with Crippen LogP contribution in [-0.4, -0.2) is 25.0 Å². The lowest BCUT2D eigenvalue weighted by Gasteiger charge is -2.10. The summed E-state index contributed by atoms with van der Waals surface area (Å²) in [6.45, 7) is 3.18. The molecule has 0 atom stereocenters. The van der Waals surface area contributed by atoms with Crippen LogP contribution in [0.3, 0.4) is 0 Å². The van der Waals surface area contributed by atoms with Gasteiger partial charge in [0.1, 0.15) is 5.75 Å². The summed E-state index contributed by atoms with van der Waals surface area (Å²) in [5.41, 5.74) is 2.91. The van der Waals surface area contributed by atoms with Gasteiger partial charge in [0.2, 0.25) is 0 Å². The minimum Gasteiger partial charge on any atom is -0.493 e. The number of ether oxygens (including phenoxy) is 1. The normalized spacial score (nSPS) is 10.3. The molecule has 3 aromatic rings. The van der Waals surface area contributed by atoms with E-state index >= 15 is 0 Å². The zero-order chi connectivity index (χ0) is 21.2. The summed E-state index contributed by atoms with van der Waals surface area (Å²) in [6, 6.07) is 24.1. The Morgan fingerprint density at radius 2 is 1.60 bits per heavy atom. The third kappa shape index (κ3) is 6.21.